The van der Waals surface area contributed by atoms with Gasteiger partial charge in [0.15, 0.2) is 6.61 Å². The minimum Gasteiger partial charge on any atom is -0.496 e. The average Bonchev–Trinajstić information content (AvgIpc) is 2.78. The van der Waals surface area contributed by atoms with Gasteiger partial charge in [-0.15, -0.1) is 0 Å². The Kier molecular flexibility index (Phi) is 7.00. The molecule has 0 aliphatic rings. The van der Waals surface area contributed by atoms with Gasteiger partial charge in [0.1, 0.15) is 11.3 Å². The molecule has 0 saturated carbocycles. The van der Waals surface area contributed by atoms with E-state index in [0.29, 0.717) is 12.2 Å². The van der Waals surface area contributed by atoms with Crippen LogP contribution in [-0.4, -0.2) is 25.6 Å². The van der Waals surface area contributed by atoms with Crippen LogP contribution in [0.1, 0.15) is 27.5 Å². The summed E-state index contributed by atoms with van der Waals surface area (Å²) in [7, 11) is 1.48. The van der Waals surface area contributed by atoms with Crippen LogP contribution >= 0.6 is 0 Å². The van der Waals surface area contributed by atoms with Gasteiger partial charge in [0.25, 0.3) is 5.91 Å². The van der Waals surface area contributed by atoms with Crippen molar-refractivity contribution in [1.82, 2.24) is 5.32 Å². The Labute approximate surface area is 170 Å². The molecule has 3 aromatic carbocycles. The van der Waals surface area contributed by atoms with E-state index in [1.165, 1.54) is 7.11 Å². The predicted octanol–water partition coefficient (Wildman–Crippen LogP) is 3.95. The molecule has 1 atom stereocenters. The topological polar surface area (TPSA) is 64.6 Å². The Morgan fingerprint density at radius 3 is 2.17 bits per heavy atom. The molecule has 148 valence electrons. The van der Waals surface area contributed by atoms with Gasteiger partial charge in [-0.25, -0.2) is 4.79 Å². The number of hydrogen-bond acceptors (Lipinski definition) is 4. The number of amides is 1. The minimum atomic E-state index is -0.600. The molecule has 5 heteroatoms. The molecule has 0 aromatic heterocycles. The summed E-state index contributed by atoms with van der Waals surface area (Å²) in [6.45, 7) is -0.366. The van der Waals surface area contributed by atoms with Crippen molar-refractivity contribution in [3.05, 3.63) is 102 Å². The van der Waals surface area contributed by atoms with E-state index in [1.54, 1.807) is 24.3 Å². The molecule has 3 aromatic rings. The number of rotatable bonds is 8. The lowest BCUT2D eigenvalue weighted by Crippen LogP contribution is -2.33. The first kappa shape index (κ1) is 20.1. The molecule has 29 heavy (non-hydrogen) atoms. The van der Waals surface area contributed by atoms with Crippen molar-refractivity contribution >= 4 is 11.9 Å². The largest absolute Gasteiger partial charge is 0.496 e. The summed E-state index contributed by atoms with van der Waals surface area (Å²) in [5.41, 5.74) is 2.38. The standard InChI is InChI=1S/C24H23NO4/c1-28-22-15-9-8-14-20(22)24(27)29-17-23(26)25-21(19-12-6-3-7-13-19)16-18-10-4-2-5-11-18/h2-15,21H,16-17H2,1H3,(H,25,26). The SMILES string of the molecule is COc1ccccc1C(=O)OCC(=O)NC(Cc1ccccc1)c1ccccc1. The normalized spacial score (nSPS) is 11.3. The van der Waals surface area contributed by atoms with Gasteiger partial charge < -0.3 is 14.8 Å². The number of nitrogens with one attached hydrogen (secondary N) is 1. The highest BCUT2D eigenvalue weighted by Crippen LogP contribution is 2.19. The second kappa shape index (κ2) is 10.1. The van der Waals surface area contributed by atoms with Crippen molar-refractivity contribution in [2.24, 2.45) is 0 Å². The first-order valence-electron chi connectivity index (χ1n) is 9.35. The summed E-state index contributed by atoms with van der Waals surface area (Å²) in [5, 5.41) is 2.97. The first-order chi connectivity index (χ1) is 14.2. The number of carbonyl (C=O) groups is 2. The highest BCUT2D eigenvalue weighted by Gasteiger charge is 2.18. The molecule has 0 radical (unpaired) electrons. The Bertz CT molecular complexity index is 941. The molecule has 0 aliphatic carbocycles. The number of methoxy groups -OCH3 is 1. The van der Waals surface area contributed by atoms with E-state index >= 15 is 0 Å². The molecule has 1 amide bonds. The van der Waals surface area contributed by atoms with Crippen molar-refractivity contribution in [2.45, 2.75) is 12.5 Å². The van der Waals surface area contributed by atoms with Crippen LogP contribution in [0.25, 0.3) is 0 Å². The monoisotopic (exact) mass is 389 g/mol. The van der Waals surface area contributed by atoms with E-state index in [4.69, 9.17) is 9.47 Å². The van der Waals surface area contributed by atoms with Crippen LogP contribution in [0.4, 0.5) is 0 Å². The molecular formula is C24H23NO4. The molecule has 0 saturated heterocycles. The Morgan fingerprint density at radius 2 is 1.48 bits per heavy atom. The third-order valence-electron chi connectivity index (χ3n) is 4.48. The van der Waals surface area contributed by atoms with Gasteiger partial charge in [-0.2, -0.15) is 0 Å². The zero-order chi connectivity index (χ0) is 20.5. The van der Waals surface area contributed by atoms with Gasteiger partial charge in [-0.3, -0.25) is 4.79 Å². The van der Waals surface area contributed by atoms with Gasteiger partial charge in [0.2, 0.25) is 0 Å². The molecule has 0 spiro atoms. The van der Waals surface area contributed by atoms with Gasteiger partial charge >= 0.3 is 5.97 Å². The van der Waals surface area contributed by atoms with E-state index in [1.807, 2.05) is 60.7 Å². The summed E-state index contributed by atoms with van der Waals surface area (Å²) in [4.78, 5) is 24.8. The summed E-state index contributed by atoms with van der Waals surface area (Å²) in [6.07, 6.45) is 0.636. The van der Waals surface area contributed by atoms with Crippen LogP contribution in [0.2, 0.25) is 0 Å². The number of esters is 1. The third kappa shape index (κ3) is 5.69. The molecular weight excluding hydrogens is 366 g/mol. The Morgan fingerprint density at radius 1 is 0.862 bits per heavy atom. The van der Waals surface area contributed by atoms with E-state index in [0.717, 1.165) is 11.1 Å². The highest BCUT2D eigenvalue weighted by atomic mass is 16.5. The van der Waals surface area contributed by atoms with Crippen LogP contribution in [-0.2, 0) is 16.0 Å². The molecule has 0 aliphatic heterocycles. The van der Waals surface area contributed by atoms with Crippen LogP contribution in [0.5, 0.6) is 5.75 Å². The van der Waals surface area contributed by atoms with Crippen LogP contribution in [0.15, 0.2) is 84.9 Å². The van der Waals surface area contributed by atoms with E-state index < -0.39 is 5.97 Å². The Hall–Kier alpha value is -3.60. The molecule has 5 nitrogen and oxygen atoms in total. The van der Waals surface area contributed by atoms with E-state index in [9.17, 15) is 9.59 Å². The second-order valence-corrected chi connectivity index (χ2v) is 6.50. The van der Waals surface area contributed by atoms with Gasteiger partial charge in [0, 0.05) is 0 Å². The third-order valence-corrected chi connectivity index (χ3v) is 4.48. The van der Waals surface area contributed by atoms with Gasteiger partial charge in [-0.1, -0.05) is 72.8 Å². The summed E-state index contributed by atoms with van der Waals surface area (Å²) in [5.74, 6) is -0.556. The fraction of sp³-hybridized carbons (Fsp3) is 0.167. The summed E-state index contributed by atoms with van der Waals surface area (Å²) in [6, 6.07) is 26.2. The average molecular weight is 389 g/mol. The van der Waals surface area contributed by atoms with Gasteiger partial charge in [0.05, 0.1) is 13.2 Å². The smallest absolute Gasteiger partial charge is 0.342 e. The van der Waals surface area contributed by atoms with Crippen molar-refractivity contribution in [3.8, 4) is 5.75 Å². The maximum Gasteiger partial charge on any atom is 0.342 e. The summed E-state index contributed by atoms with van der Waals surface area (Å²) >= 11 is 0. The summed E-state index contributed by atoms with van der Waals surface area (Å²) < 4.78 is 10.3. The lowest BCUT2D eigenvalue weighted by atomic mass is 9.99. The minimum absolute atomic E-state index is 0.226. The zero-order valence-corrected chi connectivity index (χ0v) is 16.2. The number of ether oxygens (including phenoxy) is 2. The quantitative estimate of drug-likeness (QED) is 0.593. The molecule has 1 N–H and O–H groups in total. The highest BCUT2D eigenvalue weighted by molar-refractivity contribution is 5.94. The number of benzene rings is 3. The Balaban J connectivity index is 1.64. The molecule has 1 unspecified atom stereocenters. The fourth-order valence-corrected chi connectivity index (χ4v) is 3.05. The van der Waals surface area contributed by atoms with Crippen LogP contribution in [0.3, 0.4) is 0 Å². The van der Waals surface area contributed by atoms with Crippen molar-refractivity contribution in [1.29, 1.82) is 0 Å². The van der Waals surface area contributed by atoms with Crippen molar-refractivity contribution in [3.63, 3.8) is 0 Å². The number of para-hydroxylation sites is 1. The van der Waals surface area contributed by atoms with Crippen molar-refractivity contribution < 1.29 is 19.1 Å². The lowest BCUT2D eigenvalue weighted by Gasteiger charge is -2.19. The molecule has 0 fully saturated rings. The van der Waals surface area contributed by atoms with Crippen molar-refractivity contribution in [2.75, 3.05) is 13.7 Å². The number of carbonyl (C=O) groups excluding carboxylic acids is 2. The second-order valence-electron chi connectivity index (χ2n) is 6.50. The molecule has 0 bridgehead atoms. The van der Waals surface area contributed by atoms with Crippen LogP contribution in [0, 0.1) is 0 Å². The molecule has 3 rings (SSSR count). The molecule has 0 heterocycles. The zero-order valence-electron chi connectivity index (χ0n) is 16.2. The fourth-order valence-electron chi connectivity index (χ4n) is 3.05. The van der Waals surface area contributed by atoms with Crippen LogP contribution < -0.4 is 10.1 Å². The first-order valence-corrected chi connectivity index (χ1v) is 9.35. The van der Waals surface area contributed by atoms with E-state index in [2.05, 4.69) is 5.32 Å². The number of hydrogen-bond donors (Lipinski definition) is 1. The maximum atomic E-state index is 12.5. The predicted molar refractivity (Wildman–Crippen MR) is 111 cm³/mol. The maximum absolute atomic E-state index is 12.5. The lowest BCUT2D eigenvalue weighted by molar-refractivity contribution is -0.125. The van der Waals surface area contributed by atoms with E-state index in [-0.39, 0.29) is 24.1 Å². The van der Waals surface area contributed by atoms with Gasteiger partial charge in [-0.05, 0) is 29.7 Å².